The second-order valence-corrected chi connectivity index (χ2v) is 4.57. The molecule has 2 aromatic carbocycles. The van der Waals surface area contributed by atoms with Crippen LogP contribution in [0.3, 0.4) is 0 Å². The summed E-state index contributed by atoms with van der Waals surface area (Å²) in [7, 11) is 0. The van der Waals surface area contributed by atoms with Crippen LogP contribution in [0.4, 0.5) is 0 Å². The second-order valence-electron chi connectivity index (χ2n) is 4.57. The highest BCUT2D eigenvalue weighted by Crippen LogP contribution is 2.37. The molecule has 3 rings (SSSR count). The average Bonchev–Trinajstić information content (AvgIpc) is 2.78. The van der Waals surface area contributed by atoms with E-state index in [2.05, 4.69) is 30.3 Å². The maximum absolute atomic E-state index is 11.5. The normalized spacial score (nSPS) is 13.3. The minimum Gasteiger partial charge on any atom is -0.624 e. The Bertz CT molecular complexity index is 629. The van der Waals surface area contributed by atoms with Gasteiger partial charge in [-0.05, 0) is 41.7 Å². The lowest BCUT2D eigenvalue weighted by Gasteiger charge is -2.05. The highest BCUT2D eigenvalue weighted by molar-refractivity contribution is 5.87. The number of hydrogen-bond donors (Lipinski definition) is 0. The smallest absolute Gasteiger partial charge is 0.182 e. The molecule has 0 saturated carbocycles. The van der Waals surface area contributed by atoms with Crippen molar-refractivity contribution in [2.24, 2.45) is 0 Å². The molecule has 0 bridgehead atoms. The van der Waals surface area contributed by atoms with Crippen molar-refractivity contribution in [1.82, 2.24) is 0 Å². The van der Waals surface area contributed by atoms with Gasteiger partial charge in [0.05, 0.1) is 0 Å². The van der Waals surface area contributed by atoms with Gasteiger partial charge >= 0.3 is 0 Å². The maximum atomic E-state index is 11.5. The highest BCUT2D eigenvalue weighted by atomic mass is 16.5. The molecule has 0 saturated heterocycles. The molecule has 0 amide bonds. The van der Waals surface area contributed by atoms with Crippen LogP contribution in [-0.4, -0.2) is 17.5 Å². The third-order valence-corrected chi connectivity index (χ3v) is 3.48. The van der Waals surface area contributed by atoms with Crippen LogP contribution in [0.15, 0.2) is 42.5 Å². The molecule has 0 atom stereocenters. The molecular weight excluding hydrogens is 222 g/mol. The molecule has 0 heterocycles. The number of benzene rings is 2. The van der Waals surface area contributed by atoms with Crippen LogP contribution in [0.2, 0.25) is 0 Å². The van der Waals surface area contributed by atoms with E-state index in [1.165, 1.54) is 22.3 Å². The van der Waals surface area contributed by atoms with Crippen LogP contribution in [0, 0.1) is 5.21 Å². The Morgan fingerprint density at radius 2 is 1.89 bits per heavy atom. The van der Waals surface area contributed by atoms with Gasteiger partial charge in [-0.3, -0.25) is 0 Å². The molecule has 0 aromatic heterocycles. The van der Waals surface area contributed by atoms with E-state index in [1.807, 2.05) is 19.1 Å². The SMILES string of the molecule is CC[N+]([O-])=Cc1cccc2c1Cc1ccccc1-2. The van der Waals surface area contributed by atoms with Crippen molar-refractivity contribution in [3.8, 4) is 11.1 Å². The fraction of sp³-hybridized carbons (Fsp3) is 0.188. The molecule has 2 aromatic rings. The summed E-state index contributed by atoms with van der Waals surface area (Å²) in [4.78, 5) is 0. The largest absolute Gasteiger partial charge is 0.624 e. The Labute approximate surface area is 107 Å². The van der Waals surface area contributed by atoms with E-state index in [0.717, 1.165) is 16.7 Å². The van der Waals surface area contributed by atoms with E-state index in [9.17, 15) is 5.21 Å². The third kappa shape index (κ3) is 1.70. The predicted molar refractivity (Wildman–Crippen MR) is 74.0 cm³/mol. The summed E-state index contributed by atoms with van der Waals surface area (Å²) in [6.45, 7) is 2.35. The topological polar surface area (TPSA) is 26.1 Å². The van der Waals surface area contributed by atoms with Crippen molar-refractivity contribution in [3.63, 3.8) is 0 Å². The summed E-state index contributed by atoms with van der Waals surface area (Å²) in [5.41, 5.74) is 6.23. The Balaban J connectivity index is 2.14. The van der Waals surface area contributed by atoms with E-state index in [4.69, 9.17) is 0 Å². The lowest BCUT2D eigenvalue weighted by Crippen LogP contribution is -2.05. The van der Waals surface area contributed by atoms with E-state index in [1.54, 1.807) is 6.21 Å². The Morgan fingerprint density at radius 1 is 1.11 bits per heavy atom. The van der Waals surface area contributed by atoms with Gasteiger partial charge in [0, 0.05) is 5.56 Å². The van der Waals surface area contributed by atoms with Crippen molar-refractivity contribution in [2.45, 2.75) is 13.3 Å². The minimum atomic E-state index is 0.483. The molecule has 90 valence electrons. The van der Waals surface area contributed by atoms with Crippen LogP contribution < -0.4 is 0 Å². The van der Waals surface area contributed by atoms with Crippen molar-refractivity contribution in [3.05, 3.63) is 64.4 Å². The zero-order chi connectivity index (χ0) is 12.5. The molecule has 2 heteroatoms. The van der Waals surface area contributed by atoms with Crippen LogP contribution in [0.5, 0.6) is 0 Å². The monoisotopic (exact) mass is 237 g/mol. The van der Waals surface area contributed by atoms with Crippen molar-refractivity contribution in [1.29, 1.82) is 0 Å². The highest BCUT2D eigenvalue weighted by Gasteiger charge is 2.20. The van der Waals surface area contributed by atoms with Gasteiger partial charge in [0.15, 0.2) is 12.8 Å². The van der Waals surface area contributed by atoms with Crippen LogP contribution in [-0.2, 0) is 6.42 Å². The van der Waals surface area contributed by atoms with Gasteiger partial charge in [0.2, 0.25) is 0 Å². The minimum absolute atomic E-state index is 0.483. The number of rotatable bonds is 2. The van der Waals surface area contributed by atoms with Gasteiger partial charge in [-0.1, -0.05) is 36.4 Å². The molecule has 0 N–H and O–H groups in total. The fourth-order valence-corrected chi connectivity index (χ4v) is 2.55. The predicted octanol–water partition coefficient (Wildman–Crippen LogP) is 3.21. The molecule has 0 radical (unpaired) electrons. The van der Waals surface area contributed by atoms with Crippen molar-refractivity contribution >= 4 is 6.21 Å². The number of hydrogen-bond acceptors (Lipinski definition) is 1. The molecule has 0 spiro atoms. The lowest BCUT2D eigenvalue weighted by molar-refractivity contribution is -0.447. The van der Waals surface area contributed by atoms with Crippen molar-refractivity contribution in [2.75, 3.05) is 6.54 Å². The van der Waals surface area contributed by atoms with Gasteiger partial charge in [0.25, 0.3) is 0 Å². The Hall–Kier alpha value is -2.09. The summed E-state index contributed by atoms with van der Waals surface area (Å²) in [6, 6.07) is 14.6. The number of nitrogens with zero attached hydrogens (tertiary/aromatic N) is 1. The Morgan fingerprint density at radius 3 is 2.72 bits per heavy atom. The average molecular weight is 237 g/mol. The molecule has 0 aliphatic heterocycles. The zero-order valence-electron chi connectivity index (χ0n) is 10.4. The van der Waals surface area contributed by atoms with E-state index in [0.29, 0.717) is 6.54 Å². The fourth-order valence-electron chi connectivity index (χ4n) is 2.55. The standard InChI is InChI=1S/C16H15NO/c1-2-17(18)11-13-7-5-9-15-14-8-4-3-6-12(14)10-16(13)15/h3-9,11H,2,10H2,1H3. The lowest BCUT2D eigenvalue weighted by atomic mass is 10.0. The molecule has 1 aliphatic rings. The van der Waals surface area contributed by atoms with Crippen LogP contribution in [0.1, 0.15) is 23.6 Å². The summed E-state index contributed by atoms with van der Waals surface area (Å²) < 4.78 is 0.985. The molecule has 2 nitrogen and oxygen atoms in total. The Kier molecular flexibility index (Phi) is 2.63. The van der Waals surface area contributed by atoms with E-state index >= 15 is 0 Å². The quantitative estimate of drug-likeness (QED) is 0.291. The molecular formula is C16H15NO. The first kappa shape index (κ1) is 11.0. The first-order chi connectivity index (χ1) is 8.79. The molecule has 18 heavy (non-hydrogen) atoms. The van der Waals surface area contributed by atoms with Crippen LogP contribution >= 0.6 is 0 Å². The van der Waals surface area contributed by atoms with Gasteiger partial charge in [-0.2, -0.15) is 0 Å². The molecule has 1 aliphatic carbocycles. The maximum Gasteiger partial charge on any atom is 0.182 e. The zero-order valence-corrected chi connectivity index (χ0v) is 10.4. The first-order valence-corrected chi connectivity index (χ1v) is 6.28. The first-order valence-electron chi connectivity index (χ1n) is 6.28. The second kappa shape index (κ2) is 4.30. The van der Waals surface area contributed by atoms with Gasteiger partial charge < -0.3 is 5.21 Å². The van der Waals surface area contributed by atoms with Gasteiger partial charge in [-0.25, -0.2) is 4.74 Å². The van der Waals surface area contributed by atoms with Gasteiger partial charge in [-0.15, -0.1) is 0 Å². The summed E-state index contributed by atoms with van der Waals surface area (Å²) in [5, 5.41) is 11.5. The third-order valence-electron chi connectivity index (χ3n) is 3.48. The van der Waals surface area contributed by atoms with E-state index < -0.39 is 0 Å². The van der Waals surface area contributed by atoms with Gasteiger partial charge in [0.1, 0.15) is 0 Å². The summed E-state index contributed by atoms with van der Waals surface area (Å²) in [6.07, 6.45) is 2.63. The molecule has 0 fully saturated rings. The summed E-state index contributed by atoms with van der Waals surface area (Å²) >= 11 is 0. The number of hydroxylamine groups is 1. The summed E-state index contributed by atoms with van der Waals surface area (Å²) in [5.74, 6) is 0. The molecule has 0 unspecified atom stereocenters. The van der Waals surface area contributed by atoms with Crippen molar-refractivity contribution < 1.29 is 4.74 Å². The number of fused-ring (bicyclic) bond motifs is 3. The van der Waals surface area contributed by atoms with Crippen LogP contribution in [0.25, 0.3) is 11.1 Å². The van der Waals surface area contributed by atoms with E-state index in [-0.39, 0.29) is 0 Å².